The molecular formula is C33H38N3O2+. The Hall–Kier alpha value is -3.70. The molecule has 1 aliphatic carbocycles. The Morgan fingerprint density at radius 2 is 1.79 bits per heavy atom. The van der Waals surface area contributed by atoms with Crippen LogP contribution < -0.4 is 10.5 Å². The van der Waals surface area contributed by atoms with Gasteiger partial charge >= 0.3 is 0 Å². The lowest BCUT2D eigenvalue weighted by Gasteiger charge is -2.39. The number of carbonyl (C=O) groups is 1. The highest BCUT2D eigenvalue weighted by Crippen LogP contribution is 2.48. The monoisotopic (exact) mass is 508 g/mol. The molecule has 1 aromatic heterocycles. The van der Waals surface area contributed by atoms with Crippen LogP contribution in [0.5, 0.6) is 5.88 Å². The summed E-state index contributed by atoms with van der Waals surface area (Å²) in [6.45, 7) is 3.54. The fourth-order valence-corrected chi connectivity index (χ4v) is 6.09. The van der Waals surface area contributed by atoms with Gasteiger partial charge in [-0.25, -0.2) is 4.98 Å². The molecule has 0 unspecified atom stereocenters. The molecule has 4 aromatic rings. The van der Waals surface area contributed by atoms with Crippen molar-refractivity contribution in [1.82, 2.24) is 4.98 Å². The van der Waals surface area contributed by atoms with Crippen LogP contribution in [0.2, 0.25) is 0 Å². The highest BCUT2D eigenvalue weighted by atomic mass is 16.5. The first kappa shape index (κ1) is 25.9. The molecule has 0 bridgehead atoms. The quantitative estimate of drug-likeness (QED) is 0.259. The van der Waals surface area contributed by atoms with Crippen LogP contribution in [-0.2, 0) is 12.8 Å². The summed E-state index contributed by atoms with van der Waals surface area (Å²) in [5, 5.41) is 2.22. The van der Waals surface area contributed by atoms with E-state index in [1.807, 2.05) is 18.2 Å². The molecule has 0 saturated carbocycles. The molecule has 1 aliphatic rings. The van der Waals surface area contributed by atoms with Gasteiger partial charge in [-0.15, -0.1) is 0 Å². The number of hydrogen-bond acceptors (Lipinski definition) is 3. The normalized spacial score (nSPS) is 16.9. The van der Waals surface area contributed by atoms with Gasteiger partial charge in [0.15, 0.2) is 0 Å². The van der Waals surface area contributed by atoms with Crippen LogP contribution >= 0.6 is 0 Å². The van der Waals surface area contributed by atoms with Gasteiger partial charge < -0.3 is 15.0 Å². The second kappa shape index (κ2) is 11.0. The predicted molar refractivity (Wildman–Crippen MR) is 153 cm³/mol. The van der Waals surface area contributed by atoms with Crippen LogP contribution in [0, 0.1) is 0 Å². The summed E-state index contributed by atoms with van der Waals surface area (Å²) in [4.78, 5) is 17.2. The van der Waals surface area contributed by atoms with Crippen molar-refractivity contribution in [2.24, 2.45) is 5.73 Å². The maximum absolute atomic E-state index is 12.3. The van der Waals surface area contributed by atoms with Gasteiger partial charge in [0.25, 0.3) is 0 Å². The molecule has 2 N–H and O–H groups in total. The SMILES string of the molecule is CCCCc1cc2ccccc2c(OCC[N+](C)(C)[C@H]2c3cccc(C(N)=O)c3C[C@H]2c2ccccc2)n1. The summed E-state index contributed by atoms with van der Waals surface area (Å²) in [5.74, 6) is 0.610. The Morgan fingerprint density at radius 3 is 2.55 bits per heavy atom. The van der Waals surface area contributed by atoms with Gasteiger partial charge in [-0.05, 0) is 54.0 Å². The molecule has 1 amide bonds. The number of primary amides is 1. The summed E-state index contributed by atoms with van der Waals surface area (Å²) < 4.78 is 7.15. The summed E-state index contributed by atoms with van der Waals surface area (Å²) in [7, 11) is 4.53. The van der Waals surface area contributed by atoms with E-state index in [-0.39, 0.29) is 17.9 Å². The van der Waals surface area contributed by atoms with E-state index in [4.69, 9.17) is 15.5 Å². The first-order valence-corrected chi connectivity index (χ1v) is 13.7. The van der Waals surface area contributed by atoms with Gasteiger partial charge in [-0.1, -0.05) is 74.0 Å². The lowest BCUT2D eigenvalue weighted by molar-refractivity contribution is -0.922. The minimum absolute atomic E-state index is 0.177. The number of pyridine rings is 1. The molecule has 0 spiro atoms. The Kier molecular flexibility index (Phi) is 7.48. The van der Waals surface area contributed by atoms with Gasteiger partial charge in [0, 0.05) is 28.1 Å². The highest BCUT2D eigenvalue weighted by molar-refractivity contribution is 5.95. The number of ether oxygens (including phenoxy) is 1. The molecule has 0 radical (unpaired) electrons. The zero-order chi connectivity index (χ0) is 26.7. The number of nitrogens with zero attached hydrogens (tertiary/aromatic N) is 2. The van der Waals surface area contributed by atoms with Crippen molar-refractivity contribution < 1.29 is 14.0 Å². The summed E-state index contributed by atoms with van der Waals surface area (Å²) in [5.41, 5.74) is 11.1. The zero-order valence-electron chi connectivity index (χ0n) is 22.7. The number of benzene rings is 3. The van der Waals surface area contributed by atoms with Crippen LogP contribution in [0.3, 0.4) is 0 Å². The third-order valence-corrected chi connectivity index (χ3v) is 8.03. The minimum atomic E-state index is -0.358. The van der Waals surface area contributed by atoms with Gasteiger partial charge in [-0.3, -0.25) is 4.79 Å². The molecule has 196 valence electrons. The number of fused-ring (bicyclic) bond motifs is 2. The summed E-state index contributed by atoms with van der Waals surface area (Å²) in [6.07, 6.45) is 4.01. The molecule has 38 heavy (non-hydrogen) atoms. The Balaban J connectivity index is 1.43. The maximum atomic E-state index is 12.3. The molecule has 0 saturated heterocycles. The van der Waals surface area contributed by atoms with E-state index < -0.39 is 0 Å². The molecule has 5 heteroatoms. The van der Waals surface area contributed by atoms with Crippen LogP contribution in [0.25, 0.3) is 10.8 Å². The van der Waals surface area contributed by atoms with E-state index in [0.717, 1.165) is 59.2 Å². The van der Waals surface area contributed by atoms with Crippen molar-refractivity contribution in [1.29, 1.82) is 0 Å². The van der Waals surface area contributed by atoms with Crippen molar-refractivity contribution in [3.8, 4) is 5.88 Å². The Bertz CT molecular complexity index is 1430. The molecule has 1 heterocycles. The largest absolute Gasteiger partial charge is 0.471 e. The minimum Gasteiger partial charge on any atom is -0.471 e. The van der Waals surface area contributed by atoms with Crippen molar-refractivity contribution in [2.45, 2.75) is 44.6 Å². The van der Waals surface area contributed by atoms with Crippen LogP contribution in [0.15, 0.2) is 78.9 Å². The van der Waals surface area contributed by atoms with Crippen molar-refractivity contribution >= 4 is 16.7 Å². The number of rotatable bonds is 10. The van der Waals surface area contributed by atoms with Crippen molar-refractivity contribution in [3.63, 3.8) is 0 Å². The molecular weight excluding hydrogens is 470 g/mol. The molecule has 3 aromatic carbocycles. The number of unbranched alkanes of at least 4 members (excludes halogenated alkanes) is 1. The van der Waals surface area contributed by atoms with Crippen molar-refractivity contribution in [3.05, 3.63) is 107 Å². The fraction of sp³-hybridized carbons (Fsp3) is 0.333. The van der Waals surface area contributed by atoms with E-state index >= 15 is 0 Å². The number of aromatic nitrogens is 1. The highest BCUT2D eigenvalue weighted by Gasteiger charge is 2.45. The fourth-order valence-electron chi connectivity index (χ4n) is 6.09. The van der Waals surface area contributed by atoms with Gasteiger partial charge in [0.2, 0.25) is 11.8 Å². The van der Waals surface area contributed by atoms with E-state index in [0.29, 0.717) is 12.2 Å². The number of quaternary nitrogens is 1. The summed E-state index contributed by atoms with van der Waals surface area (Å²) >= 11 is 0. The second-order valence-electron chi connectivity index (χ2n) is 11.0. The van der Waals surface area contributed by atoms with Crippen molar-refractivity contribution in [2.75, 3.05) is 27.2 Å². The smallest absolute Gasteiger partial charge is 0.248 e. The topological polar surface area (TPSA) is 65.2 Å². The maximum Gasteiger partial charge on any atom is 0.248 e. The van der Waals surface area contributed by atoms with Gasteiger partial charge in [0.1, 0.15) is 19.2 Å². The standard InChI is InChI=1S/C33H37N3O2/c1-4-5-15-25-21-24-14-9-10-16-26(24)33(35-25)38-20-19-36(2,3)31-27-17-11-18-28(32(34)37)30(27)22-29(31)23-12-7-6-8-13-23/h6-14,16-18,21,29,31H,4-5,15,19-20,22H2,1-3H3,(H-,34,37)/p+1/t29-,31-/m0/s1. The first-order chi connectivity index (χ1) is 18.4. The number of likely N-dealkylation sites (N-methyl/N-ethyl adjacent to an activating group) is 1. The Labute approximate surface area is 225 Å². The third kappa shape index (κ3) is 5.16. The second-order valence-corrected chi connectivity index (χ2v) is 11.0. The lowest BCUT2D eigenvalue weighted by atomic mass is 9.90. The first-order valence-electron chi connectivity index (χ1n) is 13.7. The number of amides is 1. The average molecular weight is 509 g/mol. The molecule has 0 aliphatic heterocycles. The number of carbonyl (C=O) groups excluding carboxylic acids is 1. The molecule has 2 atom stereocenters. The Morgan fingerprint density at radius 1 is 1.03 bits per heavy atom. The van der Waals surface area contributed by atoms with Gasteiger partial charge in [-0.2, -0.15) is 0 Å². The number of nitrogens with two attached hydrogens (primary N) is 1. The zero-order valence-corrected chi connectivity index (χ0v) is 22.7. The molecule has 0 fully saturated rings. The van der Waals surface area contributed by atoms with Crippen LogP contribution in [0.1, 0.15) is 64.5 Å². The summed E-state index contributed by atoms with van der Waals surface area (Å²) in [6, 6.07) is 27.3. The van der Waals surface area contributed by atoms with Crippen LogP contribution in [0.4, 0.5) is 0 Å². The van der Waals surface area contributed by atoms with E-state index in [9.17, 15) is 4.79 Å². The average Bonchev–Trinajstić information content (AvgIpc) is 3.33. The predicted octanol–water partition coefficient (Wildman–Crippen LogP) is 6.21. The van der Waals surface area contributed by atoms with Crippen LogP contribution in [-0.4, -0.2) is 42.6 Å². The van der Waals surface area contributed by atoms with E-state index in [1.54, 1.807) is 0 Å². The lowest BCUT2D eigenvalue weighted by Crippen LogP contribution is -2.47. The number of hydrogen-bond donors (Lipinski definition) is 1. The molecule has 5 nitrogen and oxygen atoms in total. The van der Waals surface area contributed by atoms with E-state index in [2.05, 4.69) is 81.7 Å². The third-order valence-electron chi connectivity index (χ3n) is 8.03. The number of aryl methyl sites for hydroxylation is 1. The van der Waals surface area contributed by atoms with Gasteiger partial charge in [0.05, 0.1) is 14.1 Å². The molecule has 5 rings (SSSR count). The van der Waals surface area contributed by atoms with E-state index in [1.165, 1.54) is 16.5 Å².